The summed E-state index contributed by atoms with van der Waals surface area (Å²) < 4.78 is 30.4. The first-order valence-electron chi connectivity index (χ1n) is 4.86. The highest BCUT2D eigenvalue weighted by Crippen LogP contribution is 2.18. The van der Waals surface area contributed by atoms with E-state index in [-0.39, 0.29) is 0 Å². The molecular formula is C10H10F2N4O. The van der Waals surface area contributed by atoms with Gasteiger partial charge in [-0.3, -0.25) is 4.68 Å². The van der Waals surface area contributed by atoms with Gasteiger partial charge in [0.2, 0.25) is 5.88 Å². The van der Waals surface area contributed by atoms with E-state index in [1.165, 1.54) is 30.5 Å². The second-order valence-electron chi connectivity index (χ2n) is 3.29. The van der Waals surface area contributed by atoms with E-state index in [4.69, 9.17) is 4.74 Å². The van der Waals surface area contributed by atoms with E-state index in [9.17, 15) is 8.78 Å². The average molecular weight is 240 g/mol. The van der Waals surface area contributed by atoms with Gasteiger partial charge in [0.25, 0.3) is 6.43 Å². The minimum Gasteiger partial charge on any atom is -0.481 e. The Kier molecular flexibility index (Phi) is 3.27. The van der Waals surface area contributed by atoms with Gasteiger partial charge < -0.3 is 4.74 Å². The summed E-state index contributed by atoms with van der Waals surface area (Å²) in [5.74, 6) is 0.414. The molecule has 17 heavy (non-hydrogen) atoms. The number of ether oxygens (including phenoxy) is 1. The zero-order valence-electron chi connectivity index (χ0n) is 9.05. The molecule has 0 unspecified atom stereocenters. The van der Waals surface area contributed by atoms with Crippen LogP contribution in [0.1, 0.15) is 0 Å². The second-order valence-corrected chi connectivity index (χ2v) is 3.29. The molecule has 0 atom stereocenters. The largest absolute Gasteiger partial charge is 0.481 e. The van der Waals surface area contributed by atoms with Crippen LogP contribution < -0.4 is 4.74 Å². The van der Waals surface area contributed by atoms with Gasteiger partial charge in [-0.05, 0) is 0 Å². The molecule has 5 nitrogen and oxygen atoms in total. The Morgan fingerprint density at radius 2 is 2.24 bits per heavy atom. The number of nitrogens with zero attached hydrogens (tertiary/aromatic N) is 4. The molecule has 0 bridgehead atoms. The number of hydrogen-bond acceptors (Lipinski definition) is 4. The average Bonchev–Trinajstić information content (AvgIpc) is 2.77. The zero-order chi connectivity index (χ0) is 12.3. The van der Waals surface area contributed by atoms with Crippen molar-refractivity contribution in [2.75, 3.05) is 7.11 Å². The first kappa shape index (κ1) is 11.4. The lowest BCUT2D eigenvalue weighted by molar-refractivity contribution is 0.122. The molecule has 0 aliphatic rings. The molecule has 0 aliphatic carbocycles. The van der Waals surface area contributed by atoms with Crippen molar-refractivity contribution in [3.8, 4) is 17.1 Å². The minimum absolute atomic E-state index is 0.414. The Labute approximate surface area is 96.1 Å². The number of halogens is 2. The highest BCUT2D eigenvalue weighted by molar-refractivity contribution is 5.57. The molecule has 0 amide bonds. The summed E-state index contributed by atoms with van der Waals surface area (Å²) in [6, 6.07) is 1.61. The predicted octanol–water partition coefficient (Wildman–Crippen LogP) is 1.61. The Bertz CT molecular complexity index is 501. The normalized spacial score (nSPS) is 10.8. The fourth-order valence-electron chi connectivity index (χ4n) is 1.35. The van der Waals surface area contributed by atoms with Crippen molar-refractivity contribution in [1.29, 1.82) is 0 Å². The topological polar surface area (TPSA) is 52.8 Å². The third-order valence-electron chi connectivity index (χ3n) is 2.11. The fourth-order valence-corrected chi connectivity index (χ4v) is 1.35. The van der Waals surface area contributed by atoms with Gasteiger partial charge in [-0.2, -0.15) is 5.10 Å². The summed E-state index contributed by atoms with van der Waals surface area (Å²) in [6.07, 6.45) is 1.90. The van der Waals surface area contributed by atoms with Crippen molar-refractivity contribution in [2.45, 2.75) is 13.0 Å². The molecule has 7 heteroatoms. The summed E-state index contributed by atoms with van der Waals surface area (Å²) in [6.45, 7) is -0.428. The van der Waals surface area contributed by atoms with Crippen LogP contribution in [0.2, 0.25) is 0 Å². The lowest BCUT2D eigenvalue weighted by Crippen LogP contribution is -2.06. The number of methoxy groups -OCH3 is 1. The summed E-state index contributed by atoms with van der Waals surface area (Å²) >= 11 is 0. The molecule has 2 heterocycles. The summed E-state index contributed by atoms with van der Waals surface area (Å²) in [4.78, 5) is 7.88. The van der Waals surface area contributed by atoms with Crippen molar-refractivity contribution < 1.29 is 13.5 Å². The van der Waals surface area contributed by atoms with E-state index < -0.39 is 13.0 Å². The Balaban J connectivity index is 2.24. The van der Waals surface area contributed by atoms with Crippen molar-refractivity contribution in [3.63, 3.8) is 0 Å². The number of rotatable bonds is 4. The van der Waals surface area contributed by atoms with Crippen LogP contribution >= 0.6 is 0 Å². The van der Waals surface area contributed by atoms with Crippen molar-refractivity contribution in [3.05, 3.63) is 24.8 Å². The fraction of sp³-hybridized carbons (Fsp3) is 0.300. The lowest BCUT2D eigenvalue weighted by atomic mass is 10.2. The monoisotopic (exact) mass is 240 g/mol. The molecule has 90 valence electrons. The van der Waals surface area contributed by atoms with Crippen LogP contribution in [-0.2, 0) is 6.54 Å². The molecule has 0 saturated heterocycles. The Morgan fingerprint density at radius 3 is 2.94 bits per heavy atom. The van der Waals surface area contributed by atoms with Crippen molar-refractivity contribution >= 4 is 0 Å². The van der Waals surface area contributed by atoms with Crippen LogP contribution in [0.15, 0.2) is 24.8 Å². The first-order valence-corrected chi connectivity index (χ1v) is 4.86. The van der Waals surface area contributed by atoms with E-state index in [0.717, 1.165) is 0 Å². The molecule has 2 aromatic heterocycles. The molecule has 0 aromatic carbocycles. The Morgan fingerprint density at radius 1 is 1.41 bits per heavy atom. The Hall–Kier alpha value is -2.05. The first-order chi connectivity index (χ1) is 8.19. The van der Waals surface area contributed by atoms with E-state index in [1.54, 1.807) is 6.07 Å². The SMILES string of the molecule is COc1cc(-c2cnn(CC(F)F)c2)ncn1. The van der Waals surface area contributed by atoms with Gasteiger partial charge in [-0.1, -0.05) is 0 Å². The van der Waals surface area contributed by atoms with Crippen molar-refractivity contribution in [1.82, 2.24) is 19.7 Å². The van der Waals surface area contributed by atoms with E-state index >= 15 is 0 Å². The molecular weight excluding hydrogens is 230 g/mol. The third kappa shape index (κ3) is 2.74. The molecule has 0 fully saturated rings. The standard InChI is InChI=1S/C10H10F2N4O/c1-17-10-2-8(13-6-14-10)7-3-15-16(4-7)5-9(11)12/h2-4,6,9H,5H2,1H3. The molecule has 0 aliphatic heterocycles. The van der Waals surface area contributed by atoms with Crippen LogP contribution in [0.4, 0.5) is 8.78 Å². The third-order valence-corrected chi connectivity index (χ3v) is 2.11. The van der Waals surface area contributed by atoms with Crippen LogP contribution in [0.5, 0.6) is 5.88 Å². The van der Waals surface area contributed by atoms with Gasteiger partial charge in [0.15, 0.2) is 0 Å². The van der Waals surface area contributed by atoms with E-state index in [2.05, 4.69) is 15.1 Å². The summed E-state index contributed by atoms with van der Waals surface area (Å²) in [5.41, 5.74) is 1.23. The molecule has 2 aromatic rings. The molecule has 0 radical (unpaired) electrons. The molecule has 2 rings (SSSR count). The second kappa shape index (κ2) is 4.86. The zero-order valence-corrected chi connectivity index (χ0v) is 9.05. The summed E-state index contributed by atoms with van der Waals surface area (Å²) in [7, 11) is 1.49. The quantitative estimate of drug-likeness (QED) is 0.814. The summed E-state index contributed by atoms with van der Waals surface area (Å²) in [5, 5.41) is 3.82. The van der Waals surface area contributed by atoms with Crippen molar-refractivity contribution in [2.24, 2.45) is 0 Å². The highest BCUT2D eigenvalue weighted by atomic mass is 19.3. The van der Waals surface area contributed by atoms with Crippen LogP contribution in [0.25, 0.3) is 11.3 Å². The van der Waals surface area contributed by atoms with Crippen LogP contribution in [0, 0.1) is 0 Å². The maximum atomic E-state index is 12.1. The molecule has 0 spiro atoms. The number of alkyl halides is 2. The maximum absolute atomic E-state index is 12.1. The molecule has 0 saturated carbocycles. The van der Waals surface area contributed by atoms with Crippen LogP contribution in [0.3, 0.4) is 0 Å². The van der Waals surface area contributed by atoms with Crippen LogP contribution in [-0.4, -0.2) is 33.3 Å². The van der Waals surface area contributed by atoms with Gasteiger partial charge in [0.05, 0.1) is 19.0 Å². The van der Waals surface area contributed by atoms with Gasteiger partial charge in [0, 0.05) is 17.8 Å². The van der Waals surface area contributed by atoms with E-state index in [0.29, 0.717) is 17.1 Å². The van der Waals surface area contributed by atoms with Gasteiger partial charge in [-0.15, -0.1) is 0 Å². The van der Waals surface area contributed by atoms with Gasteiger partial charge in [-0.25, -0.2) is 18.7 Å². The number of hydrogen-bond donors (Lipinski definition) is 0. The number of aromatic nitrogens is 4. The van der Waals surface area contributed by atoms with Gasteiger partial charge in [0.1, 0.15) is 12.9 Å². The predicted molar refractivity (Wildman–Crippen MR) is 55.8 cm³/mol. The lowest BCUT2D eigenvalue weighted by Gasteiger charge is -2.00. The minimum atomic E-state index is -2.43. The maximum Gasteiger partial charge on any atom is 0.257 e. The smallest absolute Gasteiger partial charge is 0.257 e. The van der Waals surface area contributed by atoms with E-state index in [1.807, 2.05) is 0 Å². The van der Waals surface area contributed by atoms with Gasteiger partial charge >= 0.3 is 0 Å². The molecule has 0 N–H and O–H groups in total. The highest BCUT2D eigenvalue weighted by Gasteiger charge is 2.08.